The average molecular weight is 250 g/mol. The van der Waals surface area contributed by atoms with Crippen LogP contribution in [-0.2, 0) is 0 Å². The number of rotatable bonds is 5. The summed E-state index contributed by atoms with van der Waals surface area (Å²) in [5.74, 6) is 0.802. The summed E-state index contributed by atoms with van der Waals surface area (Å²) < 4.78 is 5.02. The van der Waals surface area contributed by atoms with Gasteiger partial charge in [-0.25, -0.2) is 4.98 Å². The molecular weight excluding hydrogens is 228 g/mol. The molecule has 4 nitrogen and oxygen atoms in total. The molecule has 2 rings (SSSR count). The van der Waals surface area contributed by atoms with Gasteiger partial charge in [0.15, 0.2) is 0 Å². The van der Waals surface area contributed by atoms with Crippen molar-refractivity contribution in [3.05, 3.63) is 23.9 Å². The monoisotopic (exact) mass is 250 g/mol. The Hall–Kier alpha value is -1.13. The van der Waals surface area contributed by atoms with E-state index >= 15 is 0 Å². The summed E-state index contributed by atoms with van der Waals surface area (Å²) in [6, 6.07) is 3.68. The van der Waals surface area contributed by atoms with Gasteiger partial charge in [0.25, 0.3) is 0 Å². The van der Waals surface area contributed by atoms with E-state index in [1.54, 1.807) is 19.4 Å². The predicted octanol–water partition coefficient (Wildman–Crippen LogP) is 1.86. The van der Waals surface area contributed by atoms with Crippen molar-refractivity contribution in [3.8, 4) is 5.88 Å². The fourth-order valence-electron chi connectivity index (χ4n) is 2.49. The zero-order valence-electron chi connectivity index (χ0n) is 11.2. The van der Waals surface area contributed by atoms with Crippen LogP contribution in [0, 0.1) is 5.92 Å². The van der Waals surface area contributed by atoms with Crippen LogP contribution >= 0.6 is 0 Å². The molecule has 1 aliphatic rings. The molecule has 2 heterocycles. The van der Waals surface area contributed by atoms with Gasteiger partial charge in [-0.1, -0.05) is 6.92 Å². The Morgan fingerprint density at radius 1 is 1.39 bits per heavy atom. The molecule has 1 aromatic rings. The van der Waals surface area contributed by atoms with Gasteiger partial charge in [0.2, 0.25) is 5.88 Å². The molecule has 1 aliphatic heterocycles. The van der Waals surface area contributed by atoms with Crippen LogP contribution in [0.3, 0.4) is 0 Å². The first-order chi connectivity index (χ1) is 8.70. The van der Waals surface area contributed by atoms with Crippen molar-refractivity contribution >= 4 is 0 Å². The standard InChI is InChI=1S/C14H22N2O2/c1-11(10-16-7-3-4-8-16)14(17)12-5-6-13(18-2)15-9-12/h5-6,9,11,14,17H,3-4,7-8,10H2,1-2H3/t11-,14+/m1/s1. The van der Waals surface area contributed by atoms with Crippen molar-refractivity contribution < 1.29 is 9.84 Å². The van der Waals surface area contributed by atoms with Crippen LogP contribution in [0.4, 0.5) is 0 Å². The van der Waals surface area contributed by atoms with Gasteiger partial charge < -0.3 is 14.7 Å². The quantitative estimate of drug-likeness (QED) is 0.866. The van der Waals surface area contributed by atoms with Gasteiger partial charge in [0.1, 0.15) is 0 Å². The van der Waals surface area contributed by atoms with Gasteiger partial charge in [0, 0.05) is 18.8 Å². The first-order valence-corrected chi connectivity index (χ1v) is 6.61. The topological polar surface area (TPSA) is 45.6 Å². The molecule has 0 aliphatic carbocycles. The first-order valence-electron chi connectivity index (χ1n) is 6.61. The van der Waals surface area contributed by atoms with Crippen molar-refractivity contribution in [2.75, 3.05) is 26.7 Å². The first kappa shape index (κ1) is 13.3. The molecule has 100 valence electrons. The lowest BCUT2D eigenvalue weighted by molar-refractivity contribution is 0.0942. The largest absolute Gasteiger partial charge is 0.481 e. The molecule has 0 unspecified atom stereocenters. The second-order valence-corrected chi connectivity index (χ2v) is 5.06. The van der Waals surface area contributed by atoms with E-state index in [-0.39, 0.29) is 5.92 Å². The number of ether oxygens (including phenoxy) is 1. The van der Waals surface area contributed by atoms with Gasteiger partial charge in [-0.2, -0.15) is 0 Å². The normalized spacial score (nSPS) is 19.7. The van der Waals surface area contributed by atoms with Crippen LogP contribution in [-0.4, -0.2) is 41.7 Å². The molecule has 0 saturated carbocycles. The van der Waals surface area contributed by atoms with Crippen LogP contribution in [0.2, 0.25) is 0 Å². The summed E-state index contributed by atoms with van der Waals surface area (Å²) in [5, 5.41) is 10.3. The van der Waals surface area contributed by atoms with Crippen LogP contribution in [0.15, 0.2) is 18.3 Å². The molecule has 18 heavy (non-hydrogen) atoms. The number of aliphatic hydroxyl groups is 1. The molecular formula is C14H22N2O2. The summed E-state index contributed by atoms with van der Waals surface area (Å²) in [4.78, 5) is 6.56. The Bertz CT molecular complexity index is 361. The number of methoxy groups -OCH3 is 1. The minimum Gasteiger partial charge on any atom is -0.481 e. The maximum atomic E-state index is 10.3. The van der Waals surface area contributed by atoms with E-state index in [0.29, 0.717) is 5.88 Å². The maximum absolute atomic E-state index is 10.3. The second kappa shape index (κ2) is 6.16. The Morgan fingerprint density at radius 3 is 2.67 bits per heavy atom. The van der Waals surface area contributed by atoms with Crippen LogP contribution in [0.25, 0.3) is 0 Å². The van der Waals surface area contributed by atoms with E-state index in [0.717, 1.165) is 25.2 Å². The molecule has 1 aromatic heterocycles. The maximum Gasteiger partial charge on any atom is 0.212 e. The summed E-state index contributed by atoms with van der Waals surface area (Å²) in [6.45, 7) is 5.37. The van der Waals surface area contributed by atoms with E-state index in [9.17, 15) is 5.11 Å². The van der Waals surface area contributed by atoms with Crippen molar-refractivity contribution in [3.63, 3.8) is 0 Å². The molecule has 0 radical (unpaired) electrons. The highest BCUT2D eigenvalue weighted by molar-refractivity contribution is 5.20. The third-order valence-electron chi connectivity index (χ3n) is 3.59. The van der Waals surface area contributed by atoms with Gasteiger partial charge in [0.05, 0.1) is 13.2 Å². The molecule has 1 fully saturated rings. The summed E-state index contributed by atoms with van der Waals surface area (Å²) in [7, 11) is 1.59. The smallest absolute Gasteiger partial charge is 0.212 e. The number of hydrogen-bond acceptors (Lipinski definition) is 4. The highest BCUT2D eigenvalue weighted by Crippen LogP contribution is 2.24. The number of likely N-dealkylation sites (tertiary alicyclic amines) is 1. The minimum atomic E-state index is -0.455. The highest BCUT2D eigenvalue weighted by atomic mass is 16.5. The Labute approximate surface area is 109 Å². The molecule has 0 bridgehead atoms. The van der Waals surface area contributed by atoms with E-state index < -0.39 is 6.10 Å². The Balaban J connectivity index is 1.93. The molecule has 4 heteroatoms. The third-order valence-corrected chi connectivity index (χ3v) is 3.59. The van der Waals surface area contributed by atoms with Crippen molar-refractivity contribution in [1.29, 1.82) is 0 Å². The van der Waals surface area contributed by atoms with Crippen molar-refractivity contribution in [2.45, 2.75) is 25.9 Å². The van der Waals surface area contributed by atoms with Crippen LogP contribution in [0.5, 0.6) is 5.88 Å². The molecule has 0 aromatic carbocycles. The average Bonchev–Trinajstić information content (AvgIpc) is 2.91. The summed E-state index contributed by atoms with van der Waals surface area (Å²) in [6.07, 6.45) is 3.81. The highest BCUT2D eigenvalue weighted by Gasteiger charge is 2.21. The van der Waals surface area contributed by atoms with Crippen LogP contribution in [0.1, 0.15) is 31.4 Å². The molecule has 1 N–H and O–H groups in total. The fourth-order valence-corrected chi connectivity index (χ4v) is 2.49. The van der Waals surface area contributed by atoms with Crippen LogP contribution < -0.4 is 4.74 Å². The molecule has 2 atom stereocenters. The van der Waals surface area contributed by atoms with Crippen molar-refractivity contribution in [2.24, 2.45) is 5.92 Å². The van der Waals surface area contributed by atoms with Gasteiger partial charge in [-0.05, 0) is 43.5 Å². The lowest BCUT2D eigenvalue weighted by atomic mass is 9.98. The summed E-state index contributed by atoms with van der Waals surface area (Å²) in [5.41, 5.74) is 0.863. The van der Waals surface area contributed by atoms with E-state index in [1.807, 2.05) is 6.07 Å². The Kier molecular flexibility index (Phi) is 4.55. The number of aliphatic hydroxyl groups excluding tert-OH is 1. The van der Waals surface area contributed by atoms with Crippen molar-refractivity contribution in [1.82, 2.24) is 9.88 Å². The second-order valence-electron chi connectivity index (χ2n) is 5.06. The number of aromatic nitrogens is 1. The zero-order chi connectivity index (χ0) is 13.0. The zero-order valence-corrected chi connectivity index (χ0v) is 11.2. The van der Waals surface area contributed by atoms with Gasteiger partial charge >= 0.3 is 0 Å². The van der Waals surface area contributed by atoms with Gasteiger partial charge in [-0.3, -0.25) is 0 Å². The molecule has 0 spiro atoms. The lowest BCUT2D eigenvalue weighted by Crippen LogP contribution is -2.28. The molecule has 0 amide bonds. The molecule has 1 saturated heterocycles. The third kappa shape index (κ3) is 3.21. The Morgan fingerprint density at radius 2 is 2.11 bits per heavy atom. The SMILES string of the molecule is COc1ccc([C@@H](O)[C@H](C)CN2CCCC2)cn1. The van der Waals surface area contributed by atoms with E-state index in [1.165, 1.54) is 12.8 Å². The van der Waals surface area contributed by atoms with E-state index in [2.05, 4.69) is 16.8 Å². The summed E-state index contributed by atoms with van der Waals surface area (Å²) >= 11 is 0. The van der Waals surface area contributed by atoms with E-state index in [4.69, 9.17) is 4.74 Å². The lowest BCUT2D eigenvalue weighted by Gasteiger charge is -2.24. The number of hydrogen-bond donors (Lipinski definition) is 1. The fraction of sp³-hybridized carbons (Fsp3) is 0.643. The predicted molar refractivity (Wildman–Crippen MR) is 70.6 cm³/mol. The number of nitrogens with zero attached hydrogens (tertiary/aromatic N) is 2. The van der Waals surface area contributed by atoms with Gasteiger partial charge in [-0.15, -0.1) is 0 Å². The minimum absolute atomic E-state index is 0.221. The number of pyridine rings is 1.